The van der Waals surface area contributed by atoms with Gasteiger partial charge in [-0.15, -0.1) is 0 Å². The van der Waals surface area contributed by atoms with Gasteiger partial charge in [0.1, 0.15) is 5.70 Å². The fourth-order valence-electron chi connectivity index (χ4n) is 5.93. The number of fused-ring (bicyclic) bond motifs is 3. The minimum Gasteiger partial charge on any atom is -0.461 e. The molecule has 30 heavy (non-hydrogen) atoms. The molecule has 4 heterocycles. The molecular weight excluding hydrogens is 382 g/mol. The van der Waals surface area contributed by atoms with Gasteiger partial charge in [-0.3, -0.25) is 15.0 Å². The molecule has 0 saturated carbocycles. The van der Waals surface area contributed by atoms with Crippen molar-refractivity contribution < 1.29 is 14.5 Å². The first-order valence-electron chi connectivity index (χ1n) is 11.0. The average molecular weight is 409 g/mol. The van der Waals surface area contributed by atoms with Gasteiger partial charge in [0.2, 0.25) is 0 Å². The number of benzene rings is 1. The molecule has 3 aliphatic rings. The van der Waals surface area contributed by atoms with Crippen LogP contribution in [-0.4, -0.2) is 40.1 Å². The van der Waals surface area contributed by atoms with Crippen LogP contribution in [0.1, 0.15) is 56.8 Å². The van der Waals surface area contributed by atoms with Gasteiger partial charge in [0, 0.05) is 23.7 Å². The molecule has 2 atom stereocenters. The molecule has 0 spiro atoms. The highest BCUT2D eigenvalue weighted by Gasteiger charge is 2.51. The zero-order valence-corrected chi connectivity index (χ0v) is 17.5. The summed E-state index contributed by atoms with van der Waals surface area (Å²) >= 11 is 0. The Balaban J connectivity index is 1.84. The Morgan fingerprint density at radius 2 is 2.17 bits per heavy atom. The lowest BCUT2D eigenvalue weighted by Gasteiger charge is -2.53. The number of aromatic nitrogens is 1. The number of nitro groups is 1. The van der Waals surface area contributed by atoms with E-state index >= 15 is 0 Å². The van der Waals surface area contributed by atoms with E-state index in [1.807, 2.05) is 17.6 Å². The minimum atomic E-state index is -0.336. The Labute approximate surface area is 175 Å². The second-order valence-corrected chi connectivity index (χ2v) is 8.67. The van der Waals surface area contributed by atoms with Crippen LogP contribution in [0.3, 0.4) is 0 Å². The number of nitro benzene ring substituents is 1. The standard InChI is InChI=1S/C23H27N3O4/c1-3-13-30-22(27)18-14-23(4-2)10-6-11-24-12-9-15-19-16(25(18)20(15)21(23)24)7-5-8-17(19)26(28)29/h5,7-8,14,21H,3-4,6,9-13H2,1-2H3/t21-,23+/m1/s1. The van der Waals surface area contributed by atoms with Crippen LogP contribution in [-0.2, 0) is 16.0 Å². The van der Waals surface area contributed by atoms with Gasteiger partial charge in [0.25, 0.3) is 5.69 Å². The number of hydrogen-bond donors (Lipinski definition) is 0. The SMILES string of the molecule is CCCOC(=O)C1=C[C@]2(CC)CCCN3CCc4c(n1c1cccc([N+](=O)[O-])c41)[C@@H]32. The summed E-state index contributed by atoms with van der Waals surface area (Å²) in [6.45, 7) is 6.45. The van der Waals surface area contributed by atoms with Gasteiger partial charge >= 0.3 is 5.97 Å². The first-order chi connectivity index (χ1) is 14.5. The smallest absolute Gasteiger partial charge is 0.355 e. The summed E-state index contributed by atoms with van der Waals surface area (Å²) in [4.78, 5) is 27.2. The second kappa shape index (κ2) is 6.94. The summed E-state index contributed by atoms with van der Waals surface area (Å²) in [5, 5.41) is 12.5. The van der Waals surface area contributed by atoms with Crippen molar-refractivity contribution in [3.05, 3.63) is 45.6 Å². The molecule has 158 valence electrons. The van der Waals surface area contributed by atoms with Crippen LogP contribution in [0.5, 0.6) is 0 Å². The number of ether oxygens (including phenoxy) is 1. The third-order valence-electron chi connectivity index (χ3n) is 7.18. The quantitative estimate of drug-likeness (QED) is 0.414. The molecule has 1 saturated heterocycles. The molecule has 5 rings (SSSR count). The molecule has 1 fully saturated rings. The molecule has 2 aromatic rings. The Morgan fingerprint density at radius 1 is 1.33 bits per heavy atom. The lowest BCUT2D eigenvalue weighted by Crippen LogP contribution is -2.51. The molecule has 7 heteroatoms. The maximum Gasteiger partial charge on any atom is 0.355 e. The summed E-state index contributed by atoms with van der Waals surface area (Å²) in [7, 11) is 0. The van der Waals surface area contributed by atoms with E-state index in [1.54, 1.807) is 12.1 Å². The topological polar surface area (TPSA) is 77.6 Å². The van der Waals surface area contributed by atoms with Crippen LogP contribution < -0.4 is 0 Å². The third-order valence-corrected chi connectivity index (χ3v) is 7.18. The van der Waals surface area contributed by atoms with Crippen molar-refractivity contribution in [1.82, 2.24) is 9.47 Å². The van der Waals surface area contributed by atoms with E-state index < -0.39 is 0 Å². The van der Waals surface area contributed by atoms with Crippen molar-refractivity contribution in [2.24, 2.45) is 5.41 Å². The van der Waals surface area contributed by atoms with Gasteiger partial charge in [-0.1, -0.05) is 19.9 Å². The van der Waals surface area contributed by atoms with Gasteiger partial charge in [-0.25, -0.2) is 4.79 Å². The number of nitrogens with zero attached hydrogens (tertiary/aromatic N) is 3. The molecule has 0 radical (unpaired) electrons. The number of non-ortho nitro benzene ring substituents is 1. The van der Waals surface area contributed by atoms with Crippen LogP contribution in [0.2, 0.25) is 0 Å². The van der Waals surface area contributed by atoms with E-state index in [1.165, 1.54) is 0 Å². The number of esters is 1. The zero-order valence-electron chi connectivity index (χ0n) is 17.5. The zero-order chi connectivity index (χ0) is 21.0. The summed E-state index contributed by atoms with van der Waals surface area (Å²) in [6, 6.07) is 5.33. The second-order valence-electron chi connectivity index (χ2n) is 8.67. The number of carbonyl (C=O) groups is 1. The predicted octanol–water partition coefficient (Wildman–Crippen LogP) is 4.45. The predicted molar refractivity (Wildman–Crippen MR) is 114 cm³/mol. The van der Waals surface area contributed by atoms with Gasteiger partial charge < -0.3 is 9.30 Å². The number of piperidine rings is 1. The molecule has 1 aromatic heterocycles. The number of hydrogen-bond acceptors (Lipinski definition) is 5. The largest absolute Gasteiger partial charge is 0.461 e. The molecule has 1 aromatic carbocycles. The monoisotopic (exact) mass is 409 g/mol. The summed E-state index contributed by atoms with van der Waals surface area (Å²) in [5.41, 5.74) is 3.35. The highest BCUT2D eigenvalue weighted by atomic mass is 16.6. The van der Waals surface area contributed by atoms with Gasteiger partial charge in [0.15, 0.2) is 0 Å². The van der Waals surface area contributed by atoms with Crippen molar-refractivity contribution in [3.8, 4) is 0 Å². The molecule has 0 unspecified atom stereocenters. The maximum absolute atomic E-state index is 13.2. The van der Waals surface area contributed by atoms with Crippen molar-refractivity contribution in [3.63, 3.8) is 0 Å². The highest BCUT2D eigenvalue weighted by Crippen LogP contribution is 2.57. The Kier molecular flexibility index (Phi) is 4.47. The van der Waals surface area contributed by atoms with Gasteiger partial charge in [-0.05, 0) is 56.4 Å². The minimum absolute atomic E-state index is 0.122. The lowest BCUT2D eigenvalue weighted by molar-refractivity contribution is -0.383. The lowest BCUT2D eigenvalue weighted by atomic mass is 9.66. The summed E-state index contributed by atoms with van der Waals surface area (Å²) in [6.07, 6.45) is 6.66. The van der Waals surface area contributed by atoms with E-state index in [-0.39, 0.29) is 28.0 Å². The molecule has 0 aliphatic carbocycles. The van der Waals surface area contributed by atoms with Crippen molar-refractivity contribution in [2.75, 3.05) is 19.7 Å². The molecule has 7 nitrogen and oxygen atoms in total. The summed E-state index contributed by atoms with van der Waals surface area (Å²) in [5.74, 6) is -0.336. The van der Waals surface area contributed by atoms with Gasteiger partial charge in [0.05, 0.1) is 28.5 Å². The Bertz CT molecular complexity index is 1090. The normalized spacial score (nSPS) is 25.0. The Morgan fingerprint density at radius 3 is 2.90 bits per heavy atom. The van der Waals surface area contributed by atoms with Crippen molar-refractivity contribution in [1.29, 1.82) is 0 Å². The fraction of sp³-hybridized carbons (Fsp3) is 0.522. The van der Waals surface area contributed by atoms with E-state index in [4.69, 9.17) is 4.74 Å². The molecule has 0 amide bonds. The van der Waals surface area contributed by atoms with Crippen molar-refractivity contribution in [2.45, 2.75) is 52.0 Å². The Hall–Kier alpha value is -2.67. The van der Waals surface area contributed by atoms with Crippen LogP contribution in [0.4, 0.5) is 5.69 Å². The fourth-order valence-corrected chi connectivity index (χ4v) is 5.93. The number of rotatable bonds is 5. The highest BCUT2D eigenvalue weighted by molar-refractivity contribution is 6.14. The van der Waals surface area contributed by atoms with Crippen LogP contribution >= 0.6 is 0 Å². The summed E-state index contributed by atoms with van der Waals surface area (Å²) < 4.78 is 7.54. The maximum atomic E-state index is 13.2. The van der Waals surface area contributed by atoms with E-state index in [9.17, 15) is 14.9 Å². The van der Waals surface area contributed by atoms with Crippen LogP contribution in [0.15, 0.2) is 24.3 Å². The van der Waals surface area contributed by atoms with Crippen LogP contribution in [0, 0.1) is 15.5 Å². The van der Waals surface area contributed by atoms with Crippen molar-refractivity contribution >= 4 is 28.3 Å². The molecule has 0 N–H and O–H groups in total. The molecule has 0 bridgehead atoms. The van der Waals surface area contributed by atoms with E-state index in [0.29, 0.717) is 17.7 Å². The van der Waals surface area contributed by atoms with Crippen LogP contribution in [0.25, 0.3) is 16.6 Å². The third kappa shape index (κ3) is 2.51. The van der Waals surface area contributed by atoms with E-state index in [0.717, 1.165) is 62.0 Å². The molecule has 3 aliphatic heterocycles. The van der Waals surface area contributed by atoms with Gasteiger partial charge in [-0.2, -0.15) is 0 Å². The van der Waals surface area contributed by atoms with E-state index in [2.05, 4.69) is 17.9 Å². The first-order valence-corrected chi connectivity index (χ1v) is 11.0. The number of carbonyl (C=O) groups excluding carboxylic acids is 1. The first kappa shape index (κ1) is 19.3. The average Bonchev–Trinajstić information content (AvgIpc) is 3.11. The molecular formula is C23H27N3O4.